The molecule has 0 unspecified atom stereocenters. The fourth-order valence-electron chi connectivity index (χ4n) is 1.98. The zero-order valence-electron chi connectivity index (χ0n) is 12.1. The molecule has 2 heterocycles. The van der Waals surface area contributed by atoms with Crippen molar-refractivity contribution in [3.05, 3.63) is 65.7 Å². The Kier molecular flexibility index (Phi) is 4.54. The minimum atomic E-state index is -0.707. The van der Waals surface area contributed by atoms with E-state index in [-0.39, 0.29) is 6.54 Å². The van der Waals surface area contributed by atoms with Crippen LogP contribution >= 0.6 is 11.3 Å². The van der Waals surface area contributed by atoms with Gasteiger partial charge in [0.25, 0.3) is 0 Å². The number of carbonyl (C=O) groups excluding carboxylic acids is 2. The van der Waals surface area contributed by atoms with Crippen molar-refractivity contribution in [1.82, 2.24) is 5.32 Å². The quantitative estimate of drug-likeness (QED) is 0.723. The lowest BCUT2D eigenvalue weighted by Crippen LogP contribution is -2.34. The molecule has 0 saturated carbocycles. The van der Waals surface area contributed by atoms with Crippen LogP contribution in [-0.2, 0) is 16.1 Å². The largest absolute Gasteiger partial charge is 0.458 e. The van der Waals surface area contributed by atoms with Crippen molar-refractivity contribution in [2.24, 2.45) is 0 Å². The van der Waals surface area contributed by atoms with Gasteiger partial charge in [0.15, 0.2) is 0 Å². The average Bonchev–Trinajstić information content (AvgIpc) is 3.24. The van der Waals surface area contributed by atoms with Gasteiger partial charge < -0.3 is 15.1 Å². The minimum absolute atomic E-state index is 0.159. The van der Waals surface area contributed by atoms with Crippen molar-refractivity contribution in [2.45, 2.75) is 6.54 Å². The standard InChI is InChI=1S/C17H14N2O3S/c20-16(17(21)19-12-5-2-1-3-6-12)18-11-13-8-9-14(22-13)15-7-4-10-23-15/h1-10H,11H2,(H,18,20)(H,19,21). The molecule has 0 bridgehead atoms. The third-order valence-corrected chi connectivity index (χ3v) is 3.97. The molecule has 0 radical (unpaired) electrons. The third kappa shape index (κ3) is 3.87. The second-order valence-corrected chi connectivity index (χ2v) is 5.69. The molecule has 0 aliphatic rings. The highest BCUT2D eigenvalue weighted by Gasteiger charge is 2.14. The predicted octanol–water partition coefficient (Wildman–Crippen LogP) is 3.26. The summed E-state index contributed by atoms with van der Waals surface area (Å²) in [7, 11) is 0. The predicted molar refractivity (Wildman–Crippen MR) is 88.9 cm³/mol. The summed E-state index contributed by atoms with van der Waals surface area (Å²) >= 11 is 1.57. The second kappa shape index (κ2) is 6.93. The molecule has 5 nitrogen and oxygen atoms in total. The minimum Gasteiger partial charge on any atom is -0.458 e. The molecule has 0 atom stereocenters. The number of carbonyl (C=O) groups is 2. The summed E-state index contributed by atoms with van der Waals surface area (Å²) in [6, 6.07) is 16.3. The molecule has 0 aliphatic heterocycles. The highest BCUT2D eigenvalue weighted by Crippen LogP contribution is 2.26. The Balaban J connectivity index is 1.54. The monoisotopic (exact) mass is 326 g/mol. The van der Waals surface area contributed by atoms with E-state index in [0.717, 1.165) is 10.6 Å². The maximum Gasteiger partial charge on any atom is 0.313 e. The van der Waals surface area contributed by atoms with Crippen LogP contribution in [0, 0.1) is 0 Å². The summed E-state index contributed by atoms with van der Waals surface area (Å²) in [5.74, 6) is -0.0728. The lowest BCUT2D eigenvalue weighted by molar-refractivity contribution is -0.136. The molecule has 2 aromatic heterocycles. The lowest BCUT2D eigenvalue weighted by atomic mass is 10.3. The Morgan fingerprint density at radius 2 is 1.78 bits per heavy atom. The number of rotatable bonds is 4. The van der Waals surface area contributed by atoms with Gasteiger partial charge in [-0.15, -0.1) is 11.3 Å². The first-order chi connectivity index (χ1) is 11.2. The van der Waals surface area contributed by atoms with Crippen LogP contribution in [0.3, 0.4) is 0 Å². The normalized spacial score (nSPS) is 10.3. The van der Waals surface area contributed by atoms with E-state index in [1.165, 1.54) is 0 Å². The second-order valence-electron chi connectivity index (χ2n) is 4.75. The maximum absolute atomic E-state index is 11.8. The van der Waals surface area contributed by atoms with Gasteiger partial charge in [-0.05, 0) is 35.7 Å². The number of anilines is 1. The average molecular weight is 326 g/mol. The number of nitrogens with one attached hydrogen (secondary N) is 2. The number of para-hydroxylation sites is 1. The molecule has 2 amide bonds. The van der Waals surface area contributed by atoms with Crippen molar-refractivity contribution < 1.29 is 14.0 Å². The van der Waals surface area contributed by atoms with Gasteiger partial charge in [-0.2, -0.15) is 0 Å². The van der Waals surface area contributed by atoms with Gasteiger partial charge in [-0.25, -0.2) is 0 Å². The van der Waals surface area contributed by atoms with Gasteiger partial charge in [-0.3, -0.25) is 9.59 Å². The summed E-state index contributed by atoms with van der Waals surface area (Å²) < 4.78 is 5.64. The number of amides is 2. The summed E-state index contributed by atoms with van der Waals surface area (Å²) in [5.41, 5.74) is 0.575. The van der Waals surface area contributed by atoms with Gasteiger partial charge in [0.2, 0.25) is 0 Å². The summed E-state index contributed by atoms with van der Waals surface area (Å²) in [6.07, 6.45) is 0. The van der Waals surface area contributed by atoms with Gasteiger partial charge in [-0.1, -0.05) is 24.3 Å². The van der Waals surface area contributed by atoms with Crippen molar-refractivity contribution in [3.8, 4) is 10.6 Å². The highest BCUT2D eigenvalue weighted by molar-refractivity contribution is 7.13. The fourth-order valence-corrected chi connectivity index (χ4v) is 2.67. The van der Waals surface area contributed by atoms with E-state index in [1.54, 1.807) is 41.7 Å². The molecule has 23 heavy (non-hydrogen) atoms. The Morgan fingerprint density at radius 1 is 0.957 bits per heavy atom. The fraction of sp³-hybridized carbons (Fsp3) is 0.0588. The lowest BCUT2D eigenvalue weighted by Gasteiger charge is -2.05. The van der Waals surface area contributed by atoms with E-state index >= 15 is 0 Å². The Bertz CT molecular complexity index is 794. The van der Waals surface area contributed by atoms with E-state index in [1.807, 2.05) is 29.6 Å². The van der Waals surface area contributed by atoms with Crippen molar-refractivity contribution in [1.29, 1.82) is 0 Å². The van der Waals surface area contributed by atoms with Crippen LogP contribution in [0.25, 0.3) is 10.6 Å². The van der Waals surface area contributed by atoms with Crippen molar-refractivity contribution >= 4 is 28.8 Å². The van der Waals surface area contributed by atoms with Crippen LogP contribution in [0.4, 0.5) is 5.69 Å². The van der Waals surface area contributed by atoms with Crippen LogP contribution in [0.5, 0.6) is 0 Å². The first-order valence-corrected chi connectivity index (χ1v) is 7.87. The molecule has 0 spiro atoms. The molecular weight excluding hydrogens is 312 g/mol. The van der Waals surface area contributed by atoms with E-state index in [4.69, 9.17) is 4.42 Å². The van der Waals surface area contributed by atoms with Crippen LogP contribution in [0.1, 0.15) is 5.76 Å². The number of hydrogen-bond donors (Lipinski definition) is 2. The molecule has 2 N–H and O–H groups in total. The number of benzene rings is 1. The zero-order chi connectivity index (χ0) is 16.1. The summed E-state index contributed by atoms with van der Waals surface area (Å²) in [5, 5.41) is 7.03. The topological polar surface area (TPSA) is 71.3 Å². The van der Waals surface area contributed by atoms with Crippen LogP contribution in [0.2, 0.25) is 0 Å². The Hall–Kier alpha value is -2.86. The van der Waals surface area contributed by atoms with Crippen LogP contribution in [-0.4, -0.2) is 11.8 Å². The number of furan rings is 1. The molecule has 116 valence electrons. The van der Waals surface area contributed by atoms with E-state index in [2.05, 4.69) is 10.6 Å². The Morgan fingerprint density at radius 3 is 2.52 bits per heavy atom. The van der Waals surface area contributed by atoms with Gasteiger partial charge >= 0.3 is 11.8 Å². The first-order valence-electron chi connectivity index (χ1n) is 6.99. The molecule has 1 aromatic carbocycles. The Labute approximate surface area is 136 Å². The molecule has 3 rings (SSSR count). The molecule has 3 aromatic rings. The van der Waals surface area contributed by atoms with Crippen molar-refractivity contribution in [2.75, 3.05) is 5.32 Å². The van der Waals surface area contributed by atoms with Crippen LogP contribution < -0.4 is 10.6 Å². The van der Waals surface area contributed by atoms with Crippen LogP contribution in [0.15, 0.2) is 64.4 Å². The van der Waals surface area contributed by atoms with E-state index < -0.39 is 11.8 Å². The van der Waals surface area contributed by atoms with Gasteiger partial charge in [0.1, 0.15) is 11.5 Å². The third-order valence-electron chi connectivity index (χ3n) is 3.09. The summed E-state index contributed by atoms with van der Waals surface area (Å²) in [6.45, 7) is 0.159. The molecule has 0 fully saturated rings. The first kappa shape index (κ1) is 15.1. The molecule has 0 saturated heterocycles. The highest BCUT2D eigenvalue weighted by atomic mass is 32.1. The maximum atomic E-state index is 11.8. The van der Waals surface area contributed by atoms with E-state index in [9.17, 15) is 9.59 Å². The van der Waals surface area contributed by atoms with Gasteiger partial charge in [0, 0.05) is 5.69 Å². The zero-order valence-corrected chi connectivity index (χ0v) is 12.9. The van der Waals surface area contributed by atoms with Gasteiger partial charge in [0.05, 0.1) is 11.4 Å². The van der Waals surface area contributed by atoms with E-state index in [0.29, 0.717) is 11.4 Å². The summed E-state index contributed by atoms with van der Waals surface area (Å²) in [4.78, 5) is 24.6. The molecular formula is C17H14N2O3S. The van der Waals surface area contributed by atoms with Crippen molar-refractivity contribution in [3.63, 3.8) is 0 Å². The molecule has 6 heteroatoms. The SMILES string of the molecule is O=C(NCc1ccc(-c2cccs2)o1)C(=O)Nc1ccccc1. The smallest absolute Gasteiger partial charge is 0.313 e. The molecule has 0 aliphatic carbocycles. The number of thiophene rings is 1. The number of hydrogen-bond acceptors (Lipinski definition) is 4.